The summed E-state index contributed by atoms with van der Waals surface area (Å²) in [5.41, 5.74) is 1.76. The molecule has 1 aliphatic rings. The third kappa shape index (κ3) is 4.36. The number of hydrogen-bond acceptors (Lipinski definition) is 3. The molecule has 3 rings (SSSR count). The van der Waals surface area contributed by atoms with E-state index in [0.717, 1.165) is 19.4 Å². The average molecular weight is 349 g/mol. The maximum Gasteiger partial charge on any atom is 0.387 e. The van der Waals surface area contributed by atoms with Crippen LogP contribution in [0, 0.1) is 0 Å². The fraction of sp³-hybridized carbons (Fsp3) is 0.389. The van der Waals surface area contributed by atoms with Gasteiger partial charge in [0.15, 0.2) is 0 Å². The average Bonchev–Trinajstić information content (AvgIpc) is 3.17. The van der Waals surface area contributed by atoms with Crippen molar-refractivity contribution in [1.29, 1.82) is 0 Å². The molecule has 7 heteroatoms. The van der Waals surface area contributed by atoms with Crippen molar-refractivity contribution < 1.29 is 18.3 Å². The van der Waals surface area contributed by atoms with E-state index in [0.29, 0.717) is 12.2 Å². The molecular formula is C18H21F2N3O2. The fourth-order valence-corrected chi connectivity index (χ4v) is 3.28. The number of anilines is 1. The molecule has 1 atom stereocenters. The minimum Gasteiger partial charge on any atom is -0.435 e. The molecule has 2 aromatic rings. The molecule has 25 heavy (non-hydrogen) atoms. The van der Waals surface area contributed by atoms with Crippen LogP contribution in [0.4, 0.5) is 14.5 Å². The van der Waals surface area contributed by atoms with E-state index in [-0.39, 0.29) is 17.7 Å². The Morgan fingerprint density at radius 1 is 1.32 bits per heavy atom. The summed E-state index contributed by atoms with van der Waals surface area (Å²) < 4.78 is 30.7. The zero-order valence-corrected chi connectivity index (χ0v) is 14.0. The number of benzene rings is 1. The predicted octanol–water partition coefficient (Wildman–Crippen LogP) is 3.40. The highest BCUT2D eigenvalue weighted by atomic mass is 19.3. The minimum atomic E-state index is -2.86. The van der Waals surface area contributed by atoms with Gasteiger partial charge in [-0.1, -0.05) is 0 Å². The van der Waals surface area contributed by atoms with Crippen LogP contribution in [-0.4, -0.2) is 35.1 Å². The second-order valence-electron chi connectivity index (χ2n) is 6.12. The van der Waals surface area contributed by atoms with E-state index in [9.17, 15) is 13.6 Å². The van der Waals surface area contributed by atoms with Crippen molar-refractivity contribution in [3.63, 3.8) is 0 Å². The molecule has 1 fully saturated rings. The number of carbonyl (C=O) groups excluding carboxylic acids is 1. The number of hydrogen-bond donors (Lipinski definition) is 1. The largest absolute Gasteiger partial charge is 0.435 e. The van der Waals surface area contributed by atoms with Gasteiger partial charge in [0.2, 0.25) is 5.91 Å². The van der Waals surface area contributed by atoms with Crippen molar-refractivity contribution >= 4 is 11.6 Å². The van der Waals surface area contributed by atoms with E-state index in [2.05, 4.69) is 25.6 Å². The summed E-state index contributed by atoms with van der Waals surface area (Å²) in [5.74, 6) is -0.0556. The van der Waals surface area contributed by atoms with Gasteiger partial charge in [-0.3, -0.25) is 9.69 Å². The van der Waals surface area contributed by atoms with Crippen molar-refractivity contribution in [3.8, 4) is 5.75 Å². The van der Waals surface area contributed by atoms with Crippen LogP contribution in [0.25, 0.3) is 0 Å². The van der Waals surface area contributed by atoms with Gasteiger partial charge in [0, 0.05) is 24.6 Å². The first-order chi connectivity index (χ1) is 12.0. The van der Waals surface area contributed by atoms with Crippen LogP contribution in [-0.2, 0) is 11.8 Å². The van der Waals surface area contributed by atoms with E-state index >= 15 is 0 Å². The number of rotatable bonds is 6. The number of ether oxygens (including phenoxy) is 1. The van der Waals surface area contributed by atoms with Crippen molar-refractivity contribution in [2.75, 3.05) is 18.4 Å². The molecule has 1 saturated heterocycles. The van der Waals surface area contributed by atoms with Gasteiger partial charge in [0.1, 0.15) is 5.75 Å². The number of alkyl halides is 2. The molecule has 0 aliphatic carbocycles. The third-order valence-electron chi connectivity index (χ3n) is 4.40. The predicted molar refractivity (Wildman–Crippen MR) is 90.7 cm³/mol. The Labute approximate surface area is 145 Å². The van der Waals surface area contributed by atoms with Crippen LogP contribution in [0.1, 0.15) is 24.6 Å². The number of carbonyl (C=O) groups is 1. The molecule has 0 bridgehead atoms. The Kier molecular flexibility index (Phi) is 5.33. The number of nitrogens with zero attached hydrogens (tertiary/aromatic N) is 2. The molecule has 1 aromatic carbocycles. The number of aryl methyl sites for hydroxylation is 1. The Hall–Kier alpha value is -2.41. The van der Waals surface area contributed by atoms with Gasteiger partial charge >= 0.3 is 6.61 Å². The zero-order chi connectivity index (χ0) is 17.8. The van der Waals surface area contributed by atoms with Gasteiger partial charge < -0.3 is 14.6 Å². The van der Waals surface area contributed by atoms with Gasteiger partial charge in [0.25, 0.3) is 0 Å². The zero-order valence-electron chi connectivity index (χ0n) is 14.0. The molecule has 5 nitrogen and oxygen atoms in total. The molecule has 0 saturated carbocycles. The normalized spacial score (nSPS) is 17.8. The second kappa shape index (κ2) is 7.65. The first-order valence-corrected chi connectivity index (χ1v) is 8.23. The van der Waals surface area contributed by atoms with E-state index in [1.807, 2.05) is 19.3 Å². The summed E-state index contributed by atoms with van der Waals surface area (Å²) in [7, 11) is 2.01. The standard InChI is InChI=1S/C18H21F2N3O2/c1-22-10-2-4-15(22)16-5-3-11-23(16)12-17(24)21-13-6-8-14(9-7-13)25-18(19)20/h2,4,6-10,16,18H,3,5,11-12H2,1H3,(H,21,24). The highest BCUT2D eigenvalue weighted by Crippen LogP contribution is 2.31. The minimum absolute atomic E-state index is 0.0660. The van der Waals surface area contributed by atoms with Crippen molar-refractivity contribution in [1.82, 2.24) is 9.47 Å². The molecule has 1 aliphatic heterocycles. The van der Waals surface area contributed by atoms with Crippen LogP contribution in [0.3, 0.4) is 0 Å². The Balaban J connectivity index is 1.57. The Bertz CT molecular complexity index is 715. The third-order valence-corrected chi connectivity index (χ3v) is 4.40. The second-order valence-corrected chi connectivity index (χ2v) is 6.12. The van der Waals surface area contributed by atoms with Crippen LogP contribution in [0.2, 0.25) is 0 Å². The van der Waals surface area contributed by atoms with Crippen molar-refractivity contribution in [2.45, 2.75) is 25.5 Å². The van der Waals surface area contributed by atoms with Gasteiger partial charge in [-0.25, -0.2) is 0 Å². The molecule has 2 heterocycles. The molecule has 0 spiro atoms. The topological polar surface area (TPSA) is 46.5 Å². The van der Waals surface area contributed by atoms with Crippen molar-refractivity contribution in [2.24, 2.45) is 7.05 Å². The van der Waals surface area contributed by atoms with Gasteiger partial charge in [-0.05, 0) is 55.8 Å². The first kappa shape index (κ1) is 17.4. The summed E-state index contributed by atoms with van der Waals surface area (Å²) in [5, 5.41) is 2.80. The Morgan fingerprint density at radius 2 is 2.08 bits per heavy atom. The van der Waals surface area contributed by atoms with Gasteiger partial charge in [-0.15, -0.1) is 0 Å². The highest BCUT2D eigenvalue weighted by molar-refractivity contribution is 5.92. The SMILES string of the molecule is Cn1cccc1C1CCCN1CC(=O)Nc1ccc(OC(F)F)cc1. The maximum absolute atomic E-state index is 12.3. The van der Waals surface area contributed by atoms with Crippen LogP contribution in [0.15, 0.2) is 42.6 Å². The number of likely N-dealkylation sites (tertiary alicyclic amines) is 1. The summed E-state index contributed by atoms with van der Waals surface area (Å²) in [6, 6.07) is 10.3. The van der Waals surface area contributed by atoms with E-state index in [4.69, 9.17) is 0 Å². The molecule has 1 unspecified atom stereocenters. The summed E-state index contributed by atoms with van der Waals surface area (Å²) in [4.78, 5) is 14.5. The summed E-state index contributed by atoms with van der Waals surface area (Å²) in [6.45, 7) is -1.68. The number of aromatic nitrogens is 1. The first-order valence-electron chi connectivity index (χ1n) is 8.23. The van der Waals surface area contributed by atoms with Crippen LogP contribution >= 0.6 is 0 Å². The Morgan fingerprint density at radius 3 is 2.72 bits per heavy atom. The van der Waals surface area contributed by atoms with E-state index in [1.165, 1.54) is 17.8 Å². The fourth-order valence-electron chi connectivity index (χ4n) is 3.28. The lowest BCUT2D eigenvalue weighted by Gasteiger charge is -2.24. The quantitative estimate of drug-likeness (QED) is 0.869. The maximum atomic E-state index is 12.3. The molecule has 1 amide bonds. The summed E-state index contributed by atoms with van der Waals surface area (Å²) >= 11 is 0. The van der Waals surface area contributed by atoms with Crippen molar-refractivity contribution in [3.05, 3.63) is 48.3 Å². The molecule has 0 radical (unpaired) electrons. The molecule has 1 aromatic heterocycles. The van der Waals surface area contributed by atoms with Crippen LogP contribution in [0.5, 0.6) is 5.75 Å². The summed E-state index contributed by atoms with van der Waals surface area (Å²) in [6.07, 6.45) is 4.10. The number of halogens is 2. The van der Waals surface area contributed by atoms with E-state index in [1.54, 1.807) is 12.1 Å². The smallest absolute Gasteiger partial charge is 0.387 e. The van der Waals surface area contributed by atoms with E-state index < -0.39 is 6.61 Å². The number of nitrogens with one attached hydrogen (secondary N) is 1. The molecular weight excluding hydrogens is 328 g/mol. The lowest BCUT2D eigenvalue weighted by Crippen LogP contribution is -2.33. The molecule has 134 valence electrons. The van der Waals surface area contributed by atoms with Gasteiger partial charge in [-0.2, -0.15) is 8.78 Å². The highest BCUT2D eigenvalue weighted by Gasteiger charge is 2.28. The lowest BCUT2D eigenvalue weighted by molar-refractivity contribution is -0.117. The monoisotopic (exact) mass is 349 g/mol. The number of amides is 1. The van der Waals surface area contributed by atoms with Crippen LogP contribution < -0.4 is 10.1 Å². The van der Waals surface area contributed by atoms with Gasteiger partial charge in [0.05, 0.1) is 12.6 Å². The lowest BCUT2D eigenvalue weighted by atomic mass is 10.1. The molecule has 1 N–H and O–H groups in total.